The van der Waals surface area contributed by atoms with Crippen molar-refractivity contribution < 1.29 is 9.32 Å². The predicted octanol–water partition coefficient (Wildman–Crippen LogP) is 1.85. The Kier molecular flexibility index (Phi) is 5.07. The van der Waals surface area contributed by atoms with Crippen molar-refractivity contribution in [3.63, 3.8) is 0 Å². The van der Waals surface area contributed by atoms with E-state index in [9.17, 15) is 4.79 Å². The van der Waals surface area contributed by atoms with Crippen molar-refractivity contribution in [3.05, 3.63) is 11.7 Å². The Balaban J connectivity index is 1.77. The zero-order chi connectivity index (χ0) is 13.7. The lowest BCUT2D eigenvalue weighted by atomic mass is 9.95. The van der Waals surface area contributed by atoms with E-state index in [-0.39, 0.29) is 12.1 Å². The third-order valence-corrected chi connectivity index (χ3v) is 4.47. The molecule has 0 aliphatic heterocycles. The molecule has 2 rings (SSSR count). The summed E-state index contributed by atoms with van der Waals surface area (Å²) in [6.07, 6.45) is 6.78. The molecule has 0 saturated heterocycles. The van der Waals surface area contributed by atoms with E-state index in [2.05, 4.69) is 27.0 Å². The standard InChI is InChI=1S/C12H20N4O2S/c1-8-14-11(16-18-8)7-13-12(17)15-9-5-3-4-6-10(9)19-2/h9-10H,3-7H2,1-2H3,(H2,13,15,17)/t9-,10-/m0/s1. The SMILES string of the molecule is CS[C@H]1CCCC[C@@H]1NC(=O)NCc1noc(C)n1. The average molecular weight is 284 g/mol. The third kappa shape index (κ3) is 4.12. The van der Waals surface area contributed by atoms with Crippen LogP contribution in [0.1, 0.15) is 37.4 Å². The molecule has 1 aliphatic rings. The van der Waals surface area contributed by atoms with Crippen molar-refractivity contribution >= 4 is 17.8 Å². The molecule has 0 unspecified atom stereocenters. The minimum absolute atomic E-state index is 0.159. The van der Waals surface area contributed by atoms with E-state index < -0.39 is 0 Å². The molecule has 0 bridgehead atoms. The highest BCUT2D eigenvalue weighted by Crippen LogP contribution is 2.26. The van der Waals surface area contributed by atoms with Gasteiger partial charge in [0.2, 0.25) is 5.89 Å². The highest BCUT2D eigenvalue weighted by molar-refractivity contribution is 7.99. The van der Waals surface area contributed by atoms with Crippen LogP contribution in [0.3, 0.4) is 0 Å². The number of hydrogen-bond donors (Lipinski definition) is 2. The molecule has 1 heterocycles. The van der Waals surface area contributed by atoms with Crippen LogP contribution in [0.25, 0.3) is 0 Å². The number of carbonyl (C=O) groups excluding carboxylic acids is 1. The summed E-state index contributed by atoms with van der Waals surface area (Å²) in [4.78, 5) is 15.9. The van der Waals surface area contributed by atoms with Gasteiger partial charge in [0.05, 0.1) is 6.54 Å². The van der Waals surface area contributed by atoms with Gasteiger partial charge in [-0.25, -0.2) is 4.79 Å². The van der Waals surface area contributed by atoms with E-state index in [4.69, 9.17) is 4.52 Å². The summed E-state index contributed by atoms with van der Waals surface area (Å²) in [6.45, 7) is 2.02. The quantitative estimate of drug-likeness (QED) is 0.882. The van der Waals surface area contributed by atoms with Crippen LogP contribution in [0.4, 0.5) is 4.79 Å². The maximum atomic E-state index is 11.8. The highest BCUT2D eigenvalue weighted by atomic mass is 32.2. The molecule has 2 amide bonds. The number of aryl methyl sites for hydroxylation is 1. The van der Waals surface area contributed by atoms with Gasteiger partial charge in [0.1, 0.15) is 0 Å². The Morgan fingerprint density at radius 2 is 2.26 bits per heavy atom. The van der Waals surface area contributed by atoms with E-state index in [1.165, 1.54) is 19.3 Å². The summed E-state index contributed by atoms with van der Waals surface area (Å²) < 4.78 is 4.85. The predicted molar refractivity (Wildman–Crippen MR) is 74.0 cm³/mol. The lowest BCUT2D eigenvalue weighted by Crippen LogP contribution is -2.47. The molecule has 0 aromatic carbocycles. The first-order chi connectivity index (χ1) is 9.19. The van der Waals surface area contributed by atoms with E-state index in [1.807, 2.05) is 11.8 Å². The van der Waals surface area contributed by atoms with Crippen molar-refractivity contribution in [3.8, 4) is 0 Å². The number of rotatable bonds is 4. The summed E-state index contributed by atoms with van der Waals surface area (Å²) in [5.74, 6) is 1.00. The fourth-order valence-electron chi connectivity index (χ4n) is 2.34. The van der Waals surface area contributed by atoms with Crippen LogP contribution >= 0.6 is 11.8 Å². The summed E-state index contributed by atoms with van der Waals surface area (Å²) in [7, 11) is 0. The van der Waals surface area contributed by atoms with Gasteiger partial charge in [-0.3, -0.25) is 0 Å². The number of thioether (sulfide) groups is 1. The van der Waals surface area contributed by atoms with Gasteiger partial charge in [-0.1, -0.05) is 18.0 Å². The third-order valence-electron chi connectivity index (χ3n) is 3.30. The van der Waals surface area contributed by atoms with Crippen LogP contribution in [-0.4, -0.2) is 33.7 Å². The van der Waals surface area contributed by atoms with Gasteiger partial charge in [-0.15, -0.1) is 0 Å². The zero-order valence-corrected chi connectivity index (χ0v) is 12.1. The maximum Gasteiger partial charge on any atom is 0.315 e. The average Bonchev–Trinajstić information content (AvgIpc) is 2.83. The minimum Gasteiger partial charge on any atom is -0.340 e. The van der Waals surface area contributed by atoms with Gasteiger partial charge in [-0.2, -0.15) is 16.7 Å². The van der Waals surface area contributed by atoms with Gasteiger partial charge < -0.3 is 15.2 Å². The van der Waals surface area contributed by atoms with Crippen LogP contribution in [0.5, 0.6) is 0 Å². The Bertz CT molecular complexity index is 424. The molecule has 7 heteroatoms. The maximum absolute atomic E-state index is 11.8. The van der Waals surface area contributed by atoms with Crippen molar-refractivity contribution in [1.29, 1.82) is 0 Å². The Labute approximate surface area is 117 Å². The zero-order valence-electron chi connectivity index (χ0n) is 11.3. The van der Waals surface area contributed by atoms with Crippen molar-refractivity contribution in [2.24, 2.45) is 0 Å². The minimum atomic E-state index is -0.159. The smallest absolute Gasteiger partial charge is 0.315 e. The lowest BCUT2D eigenvalue weighted by molar-refractivity contribution is 0.232. The van der Waals surface area contributed by atoms with Crippen molar-refractivity contribution in [1.82, 2.24) is 20.8 Å². The molecule has 1 fully saturated rings. The first kappa shape index (κ1) is 14.2. The molecule has 1 aromatic rings. The first-order valence-corrected chi connectivity index (χ1v) is 7.84. The molecular formula is C12H20N4O2S. The molecular weight excluding hydrogens is 264 g/mol. The summed E-state index contributed by atoms with van der Waals surface area (Å²) in [5.41, 5.74) is 0. The highest BCUT2D eigenvalue weighted by Gasteiger charge is 2.25. The number of aromatic nitrogens is 2. The molecule has 106 valence electrons. The molecule has 0 spiro atoms. The van der Waals surface area contributed by atoms with Crippen LogP contribution < -0.4 is 10.6 Å². The second kappa shape index (κ2) is 6.79. The first-order valence-electron chi connectivity index (χ1n) is 6.55. The number of hydrogen-bond acceptors (Lipinski definition) is 5. The second-order valence-corrected chi connectivity index (χ2v) is 5.80. The van der Waals surface area contributed by atoms with Crippen molar-refractivity contribution in [2.75, 3.05) is 6.26 Å². The molecule has 1 aromatic heterocycles. The number of nitrogens with one attached hydrogen (secondary N) is 2. The van der Waals surface area contributed by atoms with E-state index in [0.717, 1.165) is 6.42 Å². The van der Waals surface area contributed by atoms with Crippen molar-refractivity contribution in [2.45, 2.75) is 50.4 Å². The number of carbonyl (C=O) groups is 1. The lowest BCUT2D eigenvalue weighted by Gasteiger charge is -2.30. The molecule has 1 aliphatic carbocycles. The topological polar surface area (TPSA) is 80.0 Å². The number of urea groups is 1. The van der Waals surface area contributed by atoms with E-state index in [1.54, 1.807) is 6.92 Å². The summed E-state index contributed by atoms with van der Waals surface area (Å²) in [5, 5.41) is 10.1. The van der Waals surface area contributed by atoms with Gasteiger partial charge in [0, 0.05) is 18.2 Å². The normalized spacial score (nSPS) is 23.1. The van der Waals surface area contributed by atoms with E-state index >= 15 is 0 Å². The fraction of sp³-hybridized carbons (Fsp3) is 0.750. The summed E-state index contributed by atoms with van der Waals surface area (Å²) >= 11 is 1.83. The molecule has 2 atom stereocenters. The van der Waals surface area contributed by atoms with Gasteiger partial charge in [0.25, 0.3) is 0 Å². The van der Waals surface area contributed by atoms with Crippen LogP contribution in [0.15, 0.2) is 4.52 Å². The van der Waals surface area contributed by atoms with Gasteiger partial charge >= 0.3 is 6.03 Å². The molecule has 0 radical (unpaired) electrons. The Hall–Kier alpha value is -1.24. The van der Waals surface area contributed by atoms with Gasteiger partial charge in [-0.05, 0) is 19.1 Å². The van der Waals surface area contributed by atoms with Crippen LogP contribution in [-0.2, 0) is 6.54 Å². The molecule has 6 nitrogen and oxygen atoms in total. The number of nitrogens with zero attached hydrogens (tertiary/aromatic N) is 2. The molecule has 2 N–H and O–H groups in total. The van der Waals surface area contributed by atoms with Crippen LogP contribution in [0.2, 0.25) is 0 Å². The summed E-state index contributed by atoms with van der Waals surface area (Å²) in [6, 6.07) is 0.101. The largest absolute Gasteiger partial charge is 0.340 e. The molecule has 1 saturated carbocycles. The Morgan fingerprint density at radius 1 is 1.47 bits per heavy atom. The number of amides is 2. The van der Waals surface area contributed by atoms with Gasteiger partial charge in [0.15, 0.2) is 5.82 Å². The Morgan fingerprint density at radius 3 is 2.95 bits per heavy atom. The fourth-order valence-corrected chi connectivity index (χ4v) is 3.27. The molecule has 19 heavy (non-hydrogen) atoms. The monoisotopic (exact) mass is 284 g/mol. The van der Waals surface area contributed by atoms with Crippen LogP contribution in [0, 0.1) is 6.92 Å². The second-order valence-electron chi connectivity index (χ2n) is 4.72. The van der Waals surface area contributed by atoms with E-state index in [0.29, 0.717) is 23.5 Å².